The van der Waals surface area contributed by atoms with Gasteiger partial charge in [0.15, 0.2) is 5.17 Å². The molecule has 0 spiro atoms. The van der Waals surface area contributed by atoms with Gasteiger partial charge in [-0.15, -0.1) is 0 Å². The third-order valence-corrected chi connectivity index (χ3v) is 6.95. The van der Waals surface area contributed by atoms with Crippen LogP contribution < -0.4 is 5.32 Å². The lowest BCUT2D eigenvalue weighted by atomic mass is 10.1. The van der Waals surface area contributed by atoms with Crippen molar-refractivity contribution in [3.63, 3.8) is 0 Å². The molecular weight excluding hydrogens is 458 g/mol. The summed E-state index contributed by atoms with van der Waals surface area (Å²) in [5, 5.41) is 2.91. The molecule has 0 radical (unpaired) electrons. The molecule has 2 amide bonds. The maximum Gasteiger partial charge on any atom is 0.238 e. The van der Waals surface area contributed by atoms with E-state index in [0.717, 1.165) is 28.1 Å². The molecule has 1 aliphatic heterocycles. The summed E-state index contributed by atoms with van der Waals surface area (Å²) in [6, 6.07) is 25.1. The van der Waals surface area contributed by atoms with Crippen molar-refractivity contribution in [2.75, 3.05) is 11.9 Å². The molecule has 4 aromatic rings. The smallest absolute Gasteiger partial charge is 0.238 e. The van der Waals surface area contributed by atoms with Gasteiger partial charge in [-0.3, -0.25) is 14.5 Å². The molecule has 8 heteroatoms. The van der Waals surface area contributed by atoms with Gasteiger partial charge in [-0.25, -0.2) is 9.98 Å². The summed E-state index contributed by atoms with van der Waals surface area (Å²) in [6.45, 7) is 2.41. The lowest BCUT2D eigenvalue weighted by Gasteiger charge is -2.30. The summed E-state index contributed by atoms with van der Waals surface area (Å²) >= 11 is 1.33. The molecule has 0 bridgehead atoms. The van der Waals surface area contributed by atoms with Crippen LogP contribution in [0.25, 0.3) is 11.0 Å². The number of carbonyl (C=O) groups is 2. The van der Waals surface area contributed by atoms with E-state index < -0.39 is 5.25 Å². The first-order chi connectivity index (χ1) is 17.1. The van der Waals surface area contributed by atoms with Crippen LogP contribution >= 0.6 is 11.8 Å². The van der Waals surface area contributed by atoms with Crippen LogP contribution in [0, 0.1) is 0 Å². The molecule has 1 fully saturated rings. The van der Waals surface area contributed by atoms with E-state index in [9.17, 15) is 9.59 Å². The van der Waals surface area contributed by atoms with Crippen LogP contribution in [0.3, 0.4) is 0 Å². The van der Waals surface area contributed by atoms with E-state index in [0.29, 0.717) is 23.8 Å². The zero-order valence-corrected chi connectivity index (χ0v) is 20.1. The zero-order valence-electron chi connectivity index (χ0n) is 19.3. The summed E-state index contributed by atoms with van der Waals surface area (Å²) in [5.74, 6) is 0.613. The van der Waals surface area contributed by atoms with Crippen LogP contribution in [-0.2, 0) is 16.0 Å². The Morgan fingerprint density at radius 3 is 2.57 bits per heavy atom. The van der Waals surface area contributed by atoms with Gasteiger partial charge in [0.05, 0.1) is 16.7 Å². The van der Waals surface area contributed by atoms with Crippen LogP contribution in [-0.4, -0.2) is 43.6 Å². The summed E-state index contributed by atoms with van der Waals surface area (Å²) in [4.78, 5) is 39.9. The number of carbonyl (C=O) groups excluding carboxylic acids is 2. The number of H-pyrrole nitrogens is 1. The second-order valence-corrected chi connectivity index (χ2v) is 9.41. The maximum absolute atomic E-state index is 12.8. The number of amides is 2. The van der Waals surface area contributed by atoms with Gasteiger partial charge >= 0.3 is 0 Å². The van der Waals surface area contributed by atoms with E-state index >= 15 is 0 Å². The Bertz CT molecular complexity index is 1350. The number of aromatic amines is 1. The standard InChI is InChI=1S/C27H25N5O2S/c1-2-32-25(33)17-23(26(34)28-19-8-4-3-5-9-19)35-27(32)29-20-14-12-18(13-15-20)16-24-30-21-10-6-7-11-22(21)31-24/h3-15,23H,2,16-17H2,1H3,(H,28,34)(H,30,31)/t23-/m0/s1. The first kappa shape index (κ1) is 22.9. The highest BCUT2D eigenvalue weighted by Gasteiger charge is 2.35. The van der Waals surface area contributed by atoms with Crippen molar-refractivity contribution < 1.29 is 9.59 Å². The van der Waals surface area contributed by atoms with Crippen molar-refractivity contribution in [1.82, 2.24) is 14.9 Å². The maximum atomic E-state index is 12.8. The number of para-hydroxylation sites is 3. The number of rotatable bonds is 6. The molecule has 35 heavy (non-hydrogen) atoms. The highest BCUT2D eigenvalue weighted by molar-refractivity contribution is 8.15. The Balaban J connectivity index is 1.31. The molecule has 7 nitrogen and oxygen atoms in total. The Morgan fingerprint density at radius 2 is 1.83 bits per heavy atom. The van der Waals surface area contributed by atoms with Crippen molar-refractivity contribution in [3.8, 4) is 0 Å². The molecule has 0 aliphatic carbocycles. The van der Waals surface area contributed by atoms with Gasteiger partial charge < -0.3 is 10.3 Å². The van der Waals surface area contributed by atoms with Crippen molar-refractivity contribution in [2.24, 2.45) is 4.99 Å². The minimum atomic E-state index is -0.531. The fourth-order valence-corrected chi connectivity index (χ4v) is 5.14. The van der Waals surface area contributed by atoms with Crippen LogP contribution in [0.2, 0.25) is 0 Å². The Hall–Kier alpha value is -3.91. The topological polar surface area (TPSA) is 90.4 Å². The summed E-state index contributed by atoms with van der Waals surface area (Å²) < 4.78 is 0. The molecule has 0 saturated carbocycles. The van der Waals surface area contributed by atoms with Gasteiger partial charge in [-0.1, -0.05) is 54.2 Å². The van der Waals surface area contributed by atoms with E-state index in [-0.39, 0.29) is 18.2 Å². The van der Waals surface area contributed by atoms with Gasteiger partial charge in [-0.2, -0.15) is 0 Å². The second-order valence-electron chi connectivity index (χ2n) is 8.24. The van der Waals surface area contributed by atoms with E-state index in [2.05, 4.69) is 15.3 Å². The molecule has 1 saturated heterocycles. The fourth-order valence-electron chi connectivity index (χ4n) is 3.98. The summed E-state index contributed by atoms with van der Waals surface area (Å²) in [5.41, 5.74) is 4.52. The molecule has 1 aromatic heterocycles. The number of hydrogen-bond acceptors (Lipinski definition) is 5. The predicted molar refractivity (Wildman–Crippen MR) is 141 cm³/mol. The number of thioether (sulfide) groups is 1. The Morgan fingerprint density at radius 1 is 1.09 bits per heavy atom. The van der Waals surface area contributed by atoms with Gasteiger partial charge in [0, 0.05) is 25.1 Å². The Labute approximate surface area is 207 Å². The van der Waals surface area contributed by atoms with Crippen LogP contribution in [0.4, 0.5) is 11.4 Å². The number of aliphatic imine (C=N–C) groups is 1. The molecule has 1 atom stereocenters. The average molecular weight is 484 g/mol. The van der Waals surface area contributed by atoms with Crippen LogP contribution in [0.15, 0.2) is 83.9 Å². The molecule has 0 unspecified atom stereocenters. The lowest BCUT2D eigenvalue weighted by Crippen LogP contribution is -2.45. The number of hydrogen-bond donors (Lipinski definition) is 2. The summed E-state index contributed by atoms with van der Waals surface area (Å²) in [6.07, 6.45) is 0.828. The van der Waals surface area contributed by atoms with Gasteiger partial charge in [-0.05, 0) is 48.9 Å². The number of nitrogens with one attached hydrogen (secondary N) is 2. The van der Waals surface area contributed by atoms with Gasteiger partial charge in [0.1, 0.15) is 11.1 Å². The van der Waals surface area contributed by atoms with E-state index in [1.807, 2.05) is 85.8 Å². The van der Waals surface area contributed by atoms with Gasteiger partial charge in [0.2, 0.25) is 11.8 Å². The van der Waals surface area contributed by atoms with E-state index in [4.69, 9.17) is 4.99 Å². The molecule has 176 valence electrons. The first-order valence-electron chi connectivity index (χ1n) is 11.5. The van der Waals surface area contributed by atoms with E-state index in [1.54, 1.807) is 4.90 Å². The number of amidine groups is 1. The lowest BCUT2D eigenvalue weighted by molar-refractivity contribution is -0.129. The van der Waals surface area contributed by atoms with Crippen molar-refractivity contribution >= 4 is 51.2 Å². The Kier molecular flexibility index (Phi) is 6.63. The van der Waals surface area contributed by atoms with Crippen LogP contribution in [0.1, 0.15) is 24.7 Å². The second kappa shape index (κ2) is 10.1. The van der Waals surface area contributed by atoms with Crippen molar-refractivity contribution in [3.05, 3.63) is 90.3 Å². The van der Waals surface area contributed by atoms with Crippen LogP contribution in [0.5, 0.6) is 0 Å². The number of benzene rings is 3. The molecule has 3 aromatic carbocycles. The number of nitrogens with zero attached hydrogens (tertiary/aromatic N) is 3. The van der Waals surface area contributed by atoms with Crippen molar-refractivity contribution in [1.29, 1.82) is 0 Å². The predicted octanol–water partition coefficient (Wildman–Crippen LogP) is 5.13. The molecule has 5 rings (SSSR count). The SMILES string of the molecule is CCN1C(=O)C[C@@H](C(=O)Nc2ccccc2)SC1=Nc1ccc(Cc2nc3ccccc3[nH]2)cc1. The zero-order chi connectivity index (χ0) is 24.2. The average Bonchev–Trinajstić information content (AvgIpc) is 3.28. The third-order valence-electron chi connectivity index (χ3n) is 5.76. The third kappa shape index (κ3) is 5.27. The number of aromatic nitrogens is 2. The fraction of sp³-hybridized carbons (Fsp3) is 0.185. The largest absolute Gasteiger partial charge is 0.342 e. The quantitative estimate of drug-likeness (QED) is 0.398. The minimum Gasteiger partial charge on any atom is -0.342 e. The first-order valence-corrected chi connectivity index (χ1v) is 12.4. The molecule has 1 aliphatic rings. The van der Waals surface area contributed by atoms with Crippen molar-refractivity contribution in [2.45, 2.75) is 25.0 Å². The molecule has 2 N–H and O–H groups in total. The highest BCUT2D eigenvalue weighted by atomic mass is 32.2. The highest BCUT2D eigenvalue weighted by Crippen LogP contribution is 2.30. The normalized spacial score (nSPS) is 17.2. The monoisotopic (exact) mass is 483 g/mol. The van der Waals surface area contributed by atoms with E-state index in [1.165, 1.54) is 11.8 Å². The minimum absolute atomic E-state index is 0.0975. The number of imidazole rings is 1. The molecule has 2 heterocycles. The number of fused-ring (bicyclic) bond motifs is 1. The number of anilines is 1. The summed E-state index contributed by atoms with van der Waals surface area (Å²) in [7, 11) is 0. The molecular formula is C27H25N5O2S. The van der Waals surface area contributed by atoms with Gasteiger partial charge in [0.25, 0.3) is 0 Å².